The van der Waals surface area contributed by atoms with E-state index in [2.05, 4.69) is 136 Å². The second-order valence-electron chi connectivity index (χ2n) is 15.5. The molecule has 0 radical (unpaired) electrons. The molecule has 0 amide bonds. The SMILES string of the molecule is C=C/C=C1\C(=C)c2ccccc2C12C(=C/C)/C(=C\C)c1cccc(-c3ccc4cc(-c5nc(-c6ccccc6)nc(-c6cccc7c6oc6ccccc67)n5)ccc4c3)c12.CC. The minimum atomic E-state index is -0.525. The number of hydrogen-bond acceptors (Lipinski definition) is 4. The third kappa shape index (κ3) is 5.71. The van der Waals surface area contributed by atoms with E-state index < -0.39 is 5.41 Å². The van der Waals surface area contributed by atoms with Crippen molar-refractivity contribution in [3.8, 4) is 45.3 Å². The first kappa shape index (κ1) is 38.5. The molecule has 2 aliphatic carbocycles. The van der Waals surface area contributed by atoms with Crippen LogP contribution in [0.25, 0.3) is 89.1 Å². The lowest BCUT2D eigenvalue weighted by Gasteiger charge is -2.33. The molecule has 0 saturated carbocycles. The molecule has 0 fully saturated rings. The van der Waals surface area contributed by atoms with Crippen LogP contribution < -0.4 is 0 Å². The van der Waals surface area contributed by atoms with Gasteiger partial charge in [0.25, 0.3) is 0 Å². The molecule has 1 unspecified atom stereocenters. The zero-order valence-electron chi connectivity index (χ0n) is 35.4. The molecule has 4 heteroatoms. The summed E-state index contributed by atoms with van der Waals surface area (Å²) in [7, 11) is 0. The summed E-state index contributed by atoms with van der Waals surface area (Å²) in [6.45, 7) is 17.1. The maximum atomic E-state index is 6.44. The number of hydrogen-bond donors (Lipinski definition) is 0. The zero-order chi connectivity index (χ0) is 42.5. The van der Waals surface area contributed by atoms with Crippen LogP contribution in [0.2, 0.25) is 0 Å². The number of rotatable bonds is 5. The van der Waals surface area contributed by atoms with Crippen molar-refractivity contribution >= 4 is 43.9 Å². The zero-order valence-corrected chi connectivity index (χ0v) is 35.4. The van der Waals surface area contributed by atoms with Gasteiger partial charge in [0, 0.05) is 21.9 Å². The maximum Gasteiger partial charge on any atom is 0.167 e. The van der Waals surface area contributed by atoms with E-state index in [0.717, 1.165) is 60.5 Å². The van der Waals surface area contributed by atoms with Gasteiger partial charge in [-0.25, -0.2) is 15.0 Å². The van der Waals surface area contributed by atoms with Gasteiger partial charge in [0.1, 0.15) is 11.2 Å². The molecule has 2 aromatic heterocycles. The second-order valence-corrected chi connectivity index (χ2v) is 15.5. The molecule has 11 rings (SSSR count). The number of benzene rings is 7. The standard InChI is InChI=1S/C56H39N3O.C2H6/c1-5-17-48-34(4)41-20-11-13-26-49(41)56(48)47(7-3)40(6-2)44-23-15-22-42(51(44)56)38-30-28-37-33-39(31-29-36(37)32-38)54-57-53(35-18-9-8-10-19-35)58-55(59-54)46-25-16-24-45-43-21-12-14-27-50(43)60-52(45)46;1-2/h5-33H,1,4H2,2-3H3;1-2H3/b40-6-,47-7+,48-17+;. The van der Waals surface area contributed by atoms with Gasteiger partial charge in [0.05, 0.1) is 11.0 Å². The van der Waals surface area contributed by atoms with Crippen molar-refractivity contribution in [2.24, 2.45) is 0 Å². The van der Waals surface area contributed by atoms with E-state index in [-0.39, 0.29) is 0 Å². The average molecular weight is 800 g/mol. The number of nitrogens with zero attached hydrogens (tertiary/aromatic N) is 3. The van der Waals surface area contributed by atoms with Gasteiger partial charge in [-0.2, -0.15) is 0 Å². The Labute approximate surface area is 362 Å². The summed E-state index contributed by atoms with van der Waals surface area (Å²) in [6.07, 6.45) is 8.62. The van der Waals surface area contributed by atoms with E-state index in [4.69, 9.17) is 19.4 Å². The predicted octanol–water partition coefficient (Wildman–Crippen LogP) is 15.4. The monoisotopic (exact) mass is 799 g/mol. The Bertz CT molecular complexity index is 3380. The van der Waals surface area contributed by atoms with E-state index in [1.165, 1.54) is 44.5 Å². The highest BCUT2D eigenvalue weighted by Gasteiger charge is 2.55. The molecule has 7 aromatic carbocycles. The van der Waals surface area contributed by atoms with Gasteiger partial charge in [-0.1, -0.05) is 179 Å². The summed E-state index contributed by atoms with van der Waals surface area (Å²) >= 11 is 0. The van der Waals surface area contributed by atoms with Crippen molar-refractivity contribution in [2.75, 3.05) is 0 Å². The summed E-state index contributed by atoms with van der Waals surface area (Å²) in [6, 6.07) is 53.1. The molecule has 9 aromatic rings. The van der Waals surface area contributed by atoms with Crippen LogP contribution in [0, 0.1) is 0 Å². The molecule has 2 aliphatic rings. The maximum absolute atomic E-state index is 6.44. The number of furan rings is 1. The third-order valence-corrected chi connectivity index (χ3v) is 12.4. The number of para-hydroxylation sites is 2. The minimum absolute atomic E-state index is 0.525. The third-order valence-electron chi connectivity index (χ3n) is 12.4. The van der Waals surface area contributed by atoms with Crippen molar-refractivity contribution in [1.29, 1.82) is 0 Å². The highest BCUT2D eigenvalue weighted by molar-refractivity contribution is 6.09. The van der Waals surface area contributed by atoms with Gasteiger partial charge in [-0.3, -0.25) is 0 Å². The Kier molecular flexibility index (Phi) is 9.57. The highest BCUT2D eigenvalue weighted by Crippen LogP contribution is 2.66. The van der Waals surface area contributed by atoms with Crippen molar-refractivity contribution in [2.45, 2.75) is 33.1 Å². The van der Waals surface area contributed by atoms with E-state index in [0.29, 0.717) is 17.5 Å². The molecule has 4 nitrogen and oxygen atoms in total. The first-order chi connectivity index (χ1) is 30.5. The van der Waals surface area contributed by atoms with Gasteiger partial charge < -0.3 is 4.42 Å². The summed E-state index contributed by atoms with van der Waals surface area (Å²) < 4.78 is 6.44. The van der Waals surface area contributed by atoms with Crippen LogP contribution in [0.1, 0.15) is 49.9 Å². The fourth-order valence-corrected chi connectivity index (χ4v) is 9.90. The van der Waals surface area contributed by atoms with Crippen molar-refractivity contribution in [3.05, 3.63) is 223 Å². The molecule has 1 spiro atoms. The lowest BCUT2D eigenvalue weighted by atomic mass is 9.68. The lowest BCUT2D eigenvalue weighted by molar-refractivity contribution is 0.669. The first-order valence-corrected chi connectivity index (χ1v) is 21.4. The van der Waals surface area contributed by atoms with E-state index in [9.17, 15) is 0 Å². The smallest absolute Gasteiger partial charge is 0.167 e. The molecule has 2 heterocycles. The quantitative estimate of drug-likeness (QED) is 0.174. The molecule has 1 atom stereocenters. The largest absolute Gasteiger partial charge is 0.455 e. The lowest BCUT2D eigenvalue weighted by Crippen LogP contribution is -2.27. The normalized spacial score (nSPS) is 17.3. The van der Waals surface area contributed by atoms with Crippen LogP contribution in [-0.2, 0) is 5.41 Å². The number of fused-ring (bicyclic) bond motifs is 8. The van der Waals surface area contributed by atoms with Crippen LogP contribution >= 0.6 is 0 Å². The van der Waals surface area contributed by atoms with Crippen molar-refractivity contribution in [3.63, 3.8) is 0 Å². The molecular weight excluding hydrogens is 755 g/mol. The van der Waals surface area contributed by atoms with Gasteiger partial charge >= 0.3 is 0 Å². The predicted molar refractivity (Wildman–Crippen MR) is 260 cm³/mol. The van der Waals surface area contributed by atoms with Gasteiger partial charge in [0.2, 0.25) is 0 Å². The summed E-state index contributed by atoms with van der Waals surface area (Å²) in [4.78, 5) is 15.2. The number of allylic oxidation sites excluding steroid dienone is 8. The van der Waals surface area contributed by atoms with Crippen LogP contribution in [0.5, 0.6) is 0 Å². The summed E-state index contributed by atoms with van der Waals surface area (Å²) in [5.74, 6) is 1.76. The van der Waals surface area contributed by atoms with Crippen LogP contribution in [-0.4, -0.2) is 15.0 Å². The number of aromatic nitrogens is 3. The van der Waals surface area contributed by atoms with Gasteiger partial charge in [-0.05, 0) is 105 Å². The average Bonchev–Trinajstić information content (AvgIpc) is 3.95. The van der Waals surface area contributed by atoms with Crippen molar-refractivity contribution in [1.82, 2.24) is 15.0 Å². The van der Waals surface area contributed by atoms with E-state index >= 15 is 0 Å². The summed E-state index contributed by atoms with van der Waals surface area (Å²) in [5.41, 5.74) is 15.8. The van der Waals surface area contributed by atoms with E-state index in [1.807, 2.05) is 80.6 Å². The Balaban J connectivity index is 0.00000226. The Morgan fingerprint density at radius 2 is 1.15 bits per heavy atom. The Morgan fingerprint density at radius 1 is 0.532 bits per heavy atom. The minimum Gasteiger partial charge on any atom is -0.455 e. The summed E-state index contributed by atoms with van der Waals surface area (Å²) in [5, 5.41) is 4.31. The van der Waals surface area contributed by atoms with Gasteiger partial charge in [-0.15, -0.1) is 0 Å². The van der Waals surface area contributed by atoms with Crippen molar-refractivity contribution < 1.29 is 4.42 Å². The van der Waals surface area contributed by atoms with Crippen LogP contribution in [0.4, 0.5) is 0 Å². The molecular formula is C58H45N3O. The first-order valence-electron chi connectivity index (χ1n) is 21.4. The Hall–Kier alpha value is -7.69. The van der Waals surface area contributed by atoms with Crippen LogP contribution in [0.15, 0.2) is 205 Å². The molecule has 298 valence electrons. The topological polar surface area (TPSA) is 51.8 Å². The molecule has 62 heavy (non-hydrogen) atoms. The van der Waals surface area contributed by atoms with Crippen LogP contribution in [0.3, 0.4) is 0 Å². The molecule has 0 N–H and O–H groups in total. The molecule has 0 aliphatic heterocycles. The van der Waals surface area contributed by atoms with E-state index in [1.54, 1.807) is 0 Å². The Morgan fingerprint density at radius 3 is 1.92 bits per heavy atom. The fourth-order valence-electron chi connectivity index (χ4n) is 9.90. The molecule has 0 bridgehead atoms. The molecule has 0 saturated heterocycles. The second kappa shape index (κ2) is 15.4. The van der Waals surface area contributed by atoms with Gasteiger partial charge in [0.15, 0.2) is 17.5 Å². The fraction of sp³-hybridized carbons (Fsp3) is 0.0862. The highest BCUT2D eigenvalue weighted by atomic mass is 16.3.